The smallest absolute Gasteiger partial charge is 0.253 e. The second-order valence-corrected chi connectivity index (χ2v) is 7.75. The Morgan fingerprint density at radius 3 is 2.83 bits per heavy atom. The molecule has 1 saturated heterocycles. The molecule has 0 aliphatic carbocycles. The number of aromatic nitrogens is 2. The van der Waals surface area contributed by atoms with Gasteiger partial charge in [-0.15, -0.1) is 0 Å². The number of hydrogen-bond donors (Lipinski definition) is 0. The van der Waals surface area contributed by atoms with Gasteiger partial charge in [0.25, 0.3) is 5.91 Å². The summed E-state index contributed by atoms with van der Waals surface area (Å²) in [7, 11) is 0. The summed E-state index contributed by atoms with van der Waals surface area (Å²) in [5, 5.41) is 4.12. The van der Waals surface area contributed by atoms with Crippen molar-refractivity contribution in [1.82, 2.24) is 15.0 Å². The Bertz CT molecular complexity index is 1030. The predicted octanol–water partition coefficient (Wildman–Crippen LogP) is 4.59. The summed E-state index contributed by atoms with van der Waals surface area (Å²) in [6.07, 6.45) is 2.53. The molecule has 1 unspecified atom stereocenters. The largest absolute Gasteiger partial charge is 0.339 e. The first-order chi connectivity index (χ1) is 14.0. The number of hydrogen-bond acceptors (Lipinski definition) is 4. The molecule has 150 valence electrons. The van der Waals surface area contributed by atoms with E-state index in [9.17, 15) is 9.18 Å². The molecule has 3 aromatic rings. The van der Waals surface area contributed by atoms with Crippen molar-refractivity contribution in [1.29, 1.82) is 0 Å². The van der Waals surface area contributed by atoms with Crippen LogP contribution in [0.3, 0.4) is 0 Å². The van der Waals surface area contributed by atoms with Crippen LogP contribution in [0.15, 0.2) is 47.0 Å². The molecule has 0 spiro atoms. The molecular weight excluding hydrogens is 369 g/mol. The highest BCUT2D eigenvalue weighted by Crippen LogP contribution is 2.25. The lowest BCUT2D eigenvalue weighted by Crippen LogP contribution is -2.40. The van der Waals surface area contributed by atoms with E-state index in [0.717, 1.165) is 24.0 Å². The van der Waals surface area contributed by atoms with Crippen LogP contribution >= 0.6 is 0 Å². The zero-order valence-electron chi connectivity index (χ0n) is 16.7. The number of carbonyl (C=O) groups is 1. The Labute approximate surface area is 169 Å². The first-order valence-electron chi connectivity index (χ1n) is 9.95. The number of piperidine rings is 1. The maximum absolute atomic E-state index is 13.8. The van der Waals surface area contributed by atoms with E-state index in [1.54, 1.807) is 24.0 Å². The van der Waals surface area contributed by atoms with Crippen molar-refractivity contribution in [3.8, 4) is 11.4 Å². The monoisotopic (exact) mass is 393 g/mol. The topological polar surface area (TPSA) is 59.2 Å². The van der Waals surface area contributed by atoms with Gasteiger partial charge >= 0.3 is 0 Å². The van der Waals surface area contributed by atoms with Gasteiger partial charge in [0.1, 0.15) is 5.82 Å². The molecule has 4 rings (SSSR count). The maximum Gasteiger partial charge on any atom is 0.253 e. The number of nitrogens with zero attached hydrogens (tertiary/aromatic N) is 3. The van der Waals surface area contributed by atoms with Crippen LogP contribution in [-0.4, -0.2) is 34.0 Å². The molecule has 1 amide bonds. The van der Waals surface area contributed by atoms with Crippen LogP contribution in [-0.2, 0) is 6.42 Å². The molecule has 6 heteroatoms. The molecule has 5 nitrogen and oxygen atoms in total. The fourth-order valence-electron chi connectivity index (χ4n) is 3.84. The quantitative estimate of drug-likeness (QED) is 0.651. The summed E-state index contributed by atoms with van der Waals surface area (Å²) in [5.41, 5.74) is 3.00. The number of aryl methyl sites for hydroxylation is 2. The number of rotatable bonds is 4. The van der Waals surface area contributed by atoms with Crippen LogP contribution in [0.5, 0.6) is 0 Å². The molecule has 1 aliphatic rings. The summed E-state index contributed by atoms with van der Waals surface area (Å²) in [5.74, 6) is 0.952. The second-order valence-electron chi connectivity index (χ2n) is 7.75. The van der Waals surface area contributed by atoms with Crippen molar-refractivity contribution in [3.63, 3.8) is 0 Å². The molecule has 1 aliphatic heterocycles. The van der Waals surface area contributed by atoms with Gasteiger partial charge in [0, 0.05) is 30.6 Å². The first-order valence-corrected chi connectivity index (χ1v) is 9.95. The highest BCUT2D eigenvalue weighted by atomic mass is 19.1. The molecule has 1 fully saturated rings. The molecule has 0 saturated carbocycles. The number of amides is 1. The van der Waals surface area contributed by atoms with Crippen LogP contribution in [0.1, 0.15) is 40.2 Å². The molecule has 0 bridgehead atoms. The van der Waals surface area contributed by atoms with Crippen LogP contribution < -0.4 is 0 Å². The van der Waals surface area contributed by atoms with Gasteiger partial charge in [0.05, 0.1) is 0 Å². The Hall–Kier alpha value is -3.02. The van der Waals surface area contributed by atoms with Crippen molar-refractivity contribution in [2.45, 2.75) is 33.1 Å². The minimum absolute atomic E-state index is 0.125. The summed E-state index contributed by atoms with van der Waals surface area (Å²) < 4.78 is 19.3. The Balaban J connectivity index is 1.43. The van der Waals surface area contributed by atoms with Gasteiger partial charge in [0.2, 0.25) is 11.7 Å². The van der Waals surface area contributed by atoms with Gasteiger partial charge in [-0.05, 0) is 55.9 Å². The molecule has 2 aromatic carbocycles. The lowest BCUT2D eigenvalue weighted by Gasteiger charge is -2.32. The molecule has 1 atom stereocenters. The van der Waals surface area contributed by atoms with Gasteiger partial charge in [-0.3, -0.25) is 4.79 Å². The zero-order chi connectivity index (χ0) is 20.4. The standard InChI is InChI=1S/C23H24FN3O2/c1-15-6-3-4-8-19(15)22-25-21(29-26-22)12-17-7-5-11-27(14-17)23(28)18-10-9-16(2)20(24)13-18/h3-4,6,8-10,13,17H,5,7,11-12,14H2,1-2H3. The molecule has 29 heavy (non-hydrogen) atoms. The van der Waals surface area contributed by atoms with Crippen molar-refractivity contribution in [3.05, 3.63) is 70.9 Å². The van der Waals surface area contributed by atoms with Gasteiger partial charge in [-0.1, -0.05) is 35.5 Å². The zero-order valence-corrected chi connectivity index (χ0v) is 16.7. The minimum atomic E-state index is -0.348. The Morgan fingerprint density at radius 1 is 1.21 bits per heavy atom. The minimum Gasteiger partial charge on any atom is -0.339 e. The Morgan fingerprint density at radius 2 is 2.03 bits per heavy atom. The fourth-order valence-corrected chi connectivity index (χ4v) is 3.84. The van der Waals surface area contributed by atoms with E-state index in [1.807, 2.05) is 31.2 Å². The average Bonchev–Trinajstić information content (AvgIpc) is 3.18. The van der Waals surface area contributed by atoms with Crippen molar-refractivity contribution < 1.29 is 13.7 Å². The SMILES string of the molecule is Cc1ccc(C(=O)N2CCCC(Cc3nc(-c4ccccc4C)no3)C2)cc1F. The average molecular weight is 393 g/mol. The van der Waals surface area contributed by atoms with E-state index < -0.39 is 0 Å². The number of likely N-dealkylation sites (tertiary alicyclic amines) is 1. The predicted molar refractivity (Wildman–Crippen MR) is 108 cm³/mol. The van der Waals surface area contributed by atoms with E-state index >= 15 is 0 Å². The van der Waals surface area contributed by atoms with E-state index in [2.05, 4.69) is 10.1 Å². The maximum atomic E-state index is 13.8. The summed E-state index contributed by atoms with van der Waals surface area (Å²) in [6, 6.07) is 12.6. The third kappa shape index (κ3) is 4.21. The Kier molecular flexibility index (Phi) is 5.43. The van der Waals surface area contributed by atoms with E-state index in [4.69, 9.17) is 4.52 Å². The fraction of sp³-hybridized carbons (Fsp3) is 0.348. The van der Waals surface area contributed by atoms with E-state index in [0.29, 0.717) is 42.4 Å². The van der Waals surface area contributed by atoms with Crippen molar-refractivity contribution in [2.75, 3.05) is 13.1 Å². The van der Waals surface area contributed by atoms with Crippen molar-refractivity contribution >= 4 is 5.91 Å². The van der Waals surface area contributed by atoms with Crippen LogP contribution in [0.2, 0.25) is 0 Å². The van der Waals surface area contributed by atoms with Crippen LogP contribution in [0.4, 0.5) is 4.39 Å². The molecule has 0 N–H and O–H groups in total. The summed E-state index contributed by atoms with van der Waals surface area (Å²) >= 11 is 0. The third-order valence-corrected chi connectivity index (χ3v) is 5.54. The first kappa shape index (κ1) is 19.3. The van der Waals surface area contributed by atoms with E-state index in [1.165, 1.54) is 6.07 Å². The van der Waals surface area contributed by atoms with Gasteiger partial charge in [-0.2, -0.15) is 4.98 Å². The molecule has 1 aromatic heterocycles. The summed E-state index contributed by atoms with van der Waals surface area (Å²) in [6.45, 7) is 5.00. The number of halogens is 1. The normalized spacial score (nSPS) is 16.8. The van der Waals surface area contributed by atoms with Crippen molar-refractivity contribution in [2.24, 2.45) is 5.92 Å². The van der Waals surface area contributed by atoms with Gasteiger partial charge in [0.15, 0.2) is 0 Å². The highest BCUT2D eigenvalue weighted by molar-refractivity contribution is 5.94. The van der Waals surface area contributed by atoms with Crippen LogP contribution in [0, 0.1) is 25.6 Å². The van der Waals surface area contributed by atoms with Crippen LogP contribution in [0.25, 0.3) is 11.4 Å². The molecule has 0 radical (unpaired) electrons. The lowest BCUT2D eigenvalue weighted by molar-refractivity contribution is 0.0667. The molecular formula is C23H24FN3O2. The second kappa shape index (κ2) is 8.15. The van der Waals surface area contributed by atoms with E-state index in [-0.39, 0.29) is 17.6 Å². The highest BCUT2D eigenvalue weighted by Gasteiger charge is 2.26. The lowest BCUT2D eigenvalue weighted by atomic mass is 9.94. The molecule has 2 heterocycles. The van der Waals surface area contributed by atoms with Gasteiger partial charge < -0.3 is 9.42 Å². The van der Waals surface area contributed by atoms with Gasteiger partial charge in [-0.25, -0.2) is 4.39 Å². The third-order valence-electron chi connectivity index (χ3n) is 5.54. The number of benzene rings is 2. The number of carbonyl (C=O) groups excluding carboxylic acids is 1. The summed E-state index contributed by atoms with van der Waals surface area (Å²) in [4.78, 5) is 19.2.